The molecular weight excluding hydrogens is 370 g/mol. The summed E-state index contributed by atoms with van der Waals surface area (Å²) < 4.78 is 1.71. The summed E-state index contributed by atoms with van der Waals surface area (Å²) in [5, 5.41) is 12.5. The summed E-state index contributed by atoms with van der Waals surface area (Å²) in [4.78, 5) is 15.1. The maximum absolute atomic E-state index is 13.2. The minimum atomic E-state index is -0.302. The molecule has 4 rings (SSSR count). The molecule has 2 aromatic carbocycles. The molecule has 0 saturated carbocycles. The van der Waals surface area contributed by atoms with Gasteiger partial charge >= 0.3 is 0 Å². The Morgan fingerprint density at radius 1 is 1.18 bits per heavy atom. The van der Waals surface area contributed by atoms with Gasteiger partial charge in [0.2, 0.25) is 11.1 Å². The Labute approximate surface area is 168 Å². The molecule has 1 aromatic heterocycles. The van der Waals surface area contributed by atoms with Crippen LogP contribution >= 0.6 is 11.8 Å². The van der Waals surface area contributed by atoms with E-state index in [0.29, 0.717) is 5.16 Å². The van der Waals surface area contributed by atoms with Crippen LogP contribution in [0.2, 0.25) is 0 Å². The normalized spacial score (nSPS) is 16.9. The van der Waals surface area contributed by atoms with Gasteiger partial charge in [0.25, 0.3) is 0 Å². The highest BCUT2D eigenvalue weighted by Crippen LogP contribution is 2.34. The van der Waals surface area contributed by atoms with E-state index in [1.165, 1.54) is 22.9 Å². The van der Waals surface area contributed by atoms with Gasteiger partial charge in [-0.05, 0) is 67.8 Å². The maximum Gasteiger partial charge on any atom is 0.240 e. The summed E-state index contributed by atoms with van der Waals surface area (Å²) in [5.74, 6) is 0.0811. The number of rotatable bonds is 4. The van der Waals surface area contributed by atoms with E-state index in [1.54, 1.807) is 4.68 Å². The molecule has 0 saturated heterocycles. The van der Waals surface area contributed by atoms with Gasteiger partial charge in [-0.2, -0.15) is 4.68 Å². The van der Waals surface area contributed by atoms with Gasteiger partial charge in [-0.15, -0.1) is 5.10 Å². The van der Waals surface area contributed by atoms with Crippen LogP contribution in [0.4, 0.5) is 5.69 Å². The average molecular weight is 394 g/mol. The largest absolute Gasteiger partial charge is 0.308 e. The molecule has 1 amide bonds. The van der Waals surface area contributed by atoms with Gasteiger partial charge in [0.05, 0.1) is 10.9 Å². The lowest BCUT2D eigenvalue weighted by molar-refractivity contribution is -0.118. The number of carbonyl (C=O) groups is 1. The van der Waals surface area contributed by atoms with Gasteiger partial charge in [-0.25, -0.2) is 0 Å². The first kappa shape index (κ1) is 18.7. The summed E-state index contributed by atoms with van der Waals surface area (Å²) >= 11 is 1.39. The zero-order chi connectivity index (χ0) is 19.8. The molecule has 0 radical (unpaired) electrons. The lowest BCUT2D eigenvalue weighted by atomic mass is 10.1. The Bertz CT molecular complexity index is 1030. The number of nitrogens with zero attached hydrogens (tertiary/aromatic N) is 5. The van der Waals surface area contributed by atoms with Gasteiger partial charge in [0.1, 0.15) is 0 Å². The molecule has 2 unspecified atom stereocenters. The van der Waals surface area contributed by atoms with Crippen molar-refractivity contribution in [3.8, 4) is 5.69 Å². The van der Waals surface area contributed by atoms with Crippen LogP contribution in [0.25, 0.3) is 5.69 Å². The van der Waals surface area contributed by atoms with Crippen LogP contribution in [0, 0.1) is 13.8 Å². The third-order valence-electron chi connectivity index (χ3n) is 5.10. The van der Waals surface area contributed by atoms with Crippen LogP contribution in [0.1, 0.15) is 30.5 Å². The number of benzene rings is 2. The Kier molecular flexibility index (Phi) is 4.93. The summed E-state index contributed by atoms with van der Waals surface area (Å²) in [7, 11) is 0. The number of hydrogen-bond acceptors (Lipinski definition) is 5. The molecule has 3 aromatic rings. The smallest absolute Gasteiger partial charge is 0.240 e. The van der Waals surface area contributed by atoms with Crippen molar-refractivity contribution in [2.75, 3.05) is 4.90 Å². The number of para-hydroxylation sites is 1. The van der Waals surface area contributed by atoms with E-state index in [-0.39, 0.29) is 17.2 Å². The number of thioether (sulfide) groups is 1. The number of carbonyl (C=O) groups excluding carboxylic acids is 1. The summed E-state index contributed by atoms with van der Waals surface area (Å²) in [6.45, 7) is 8.11. The molecule has 0 aliphatic carbocycles. The number of tetrazole rings is 1. The van der Waals surface area contributed by atoms with Crippen LogP contribution in [0.15, 0.2) is 47.6 Å². The van der Waals surface area contributed by atoms with Crippen molar-refractivity contribution in [2.45, 2.75) is 50.6 Å². The van der Waals surface area contributed by atoms with E-state index < -0.39 is 0 Å². The van der Waals surface area contributed by atoms with Gasteiger partial charge in [0, 0.05) is 11.7 Å². The second-order valence-corrected chi connectivity index (χ2v) is 8.62. The molecule has 2 atom stereocenters. The number of hydrogen-bond donors (Lipinski definition) is 0. The van der Waals surface area contributed by atoms with Crippen LogP contribution in [-0.4, -0.2) is 37.4 Å². The van der Waals surface area contributed by atoms with E-state index in [1.807, 2.05) is 49.1 Å². The molecular formula is C21H23N5OS. The van der Waals surface area contributed by atoms with Crippen LogP contribution in [-0.2, 0) is 11.2 Å². The molecule has 1 aliphatic rings. The van der Waals surface area contributed by atoms with Crippen molar-refractivity contribution < 1.29 is 4.79 Å². The van der Waals surface area contributed by atoms with E-state index in [9.17, 15) is 4.79 Å². The van der Waals surface area contributed by atoms with E-state index in [2.05, 4.69) is 41.5 Å². The molecule has 6 nitrogen and oxygen atoms in total. The highest BCUT2D eigenvalue weighted by atomic mass is 32.2. The zero-order valence-electron chi connectivity index (χ0n) is 16.5. The predicted molar refractivity (Wildman–Crippen MR) is 111 cm³/mol. The maximum atomic E-state index is 13.2. The highest BCUT2D eigenvalue weighted by Gasteiger charge is 2.34. The lowest BCUT2D eigenvalue weighted by Gasteiger charge is -2.25. The first-order valence-electron chi connectivity index (χ1n) is 9.39. The van der Waals surface area contributed by atoms with Crippen molar-refractivity contribution in [2.24, 2.45) is 0 Å². The van der Waals surface area contributed by atoms with E-state index in [0.717, 1.165) is 23.4 Å². The summed E-state index contributed by atoms with van der Waals surface area (Å²) in [6.07, 6.45) is 0.888. The molecule has 0 spiro atoms. The van der Waals surface area contributed by atoms with Gasteiger partial charge < -0.3 is 4.90 Å². The van der Waals surface area contributed by atoms with Gasteiger partial charge in [0.15, 0.2) is 0 Å². The van der Waals surface area contributed by atoms with Gasteiger partial charge in [-0.1, -0.05) is 47.7 Å². The molecule has 0 bridgehead atoms. The van der Waals surface area contributed by atoms with E-state index in [4.69, 9.17) is 0 Å². The number of amides is 1. The standard InChI is InChI=1S/C21H23N5OS/c1-13-9-10-18(14(2)11-13)26-21(22-23-24-26)28-16(4)20(27)25-15(3)12-17-7-5-6-8-19(17)25/h5-11,15-16H,12H2,1-4H3. The summed E-state index contributed by atoms with van der Waals surface area (Å²) in [5.41, 5.74) is 5.45. The average Bonchev–Trinajstić information content (AvgIpc) is 3.24. The lowest BCUT2D eigenvalue weighted by Crippen LogP contribution is -2.40. The SMILES string of the molecule is Cc1ccc(-n2nnnc2SC(C)C(=O)N2c3ccccc3CC2C)c(C)c1. The Morgan fingerprint density at radius 2 is 1.96 bits per heavy atom. The minimum Gasteiger partial charge on any atom is -0.308 e. The van der Waals surface area contributed by atoms with Crippen molar-refractivity contribution >= 4 is 23.4 Å². The first-order valence-corrected chi connectivity index (χ1v) is 10.3. The molecule has 0 fully saturated rings. The number of anilines is 1. The van der Waals surface area contributed by atoms with Crippen molar-refractivity contribution in [1.82, 2.24) is 20.2 Å². The van der Waals surface area contributed by atoms with E-state index >= 15 is 0 Å². The third kappa shape index (κ3) is 3.30. The molecule has 0 N–H and O–H groups in total. The van der Waals surface area contributed by atoms with Gasteiger partial charge in [-0.3, -0.25) is 4.79 Å². The fraction of sp³-hybridized carbons (Fsp3) is 0.333. The fourth-order valence-corrected chi connectivity index (χ4v) is 4.60. The van der Waals surface area contributed by atoms with Crippen molar-refractivity contribution in [3.05, 3.63) is 59.2 Å². The van der Waals surface area contributed by atoms with Crippen LogP contribution in [0.5, 0.6) is 0 Å². The molecule has 28 heavy (non-hydrogen) atoms. The minimum absolute atomic E-state index is 0.0811. The Hall–Kier alpha value is -2.67. The fourth-order valence-electron chi connectivity index (χ4n) is 3.75. The summed E-state index contributed by atoms with van der Waals surface area (Å²) in [6, 6.07) is 14.4. The molecule has 1 aliphatic heterocycles. The van der Waals surface area contributed by atoms with Crippen LogP contribution < -0.4 is 4.90 Å². The third-order valence-corrected chi connectivity index (χ3v) is 6.12. The Balaban J connectivity index is 1.58. The first-order chi connectivity index (χ1) is 13.5. The monoisotopic (exact) mass is 393 g/mol. The second kappa shape index (κ2) is 7.39. The van der Waals surface area contributed by atoms with Crippen LogP contribution in [0.3, 0.4) is 0 Å². The predicted octanol–water partition coefficient (Wildman–Crippen LogP) is 3.74. The van der Waals surface area contributed by atoms with Crippen molar-refractivity contribution in [3.63, 3.8) is 0 Å². The number of aryl methyl sites for hydroxylation is 2. The number of fused-ring (bicyclic) bond motifs is 1. The molecule has 144 valence electrons. The zero-order valence-corrected chi connectivity index (χ0v) is 17.3. The molecule has 7 heteroatoms. The quantitative estimate of drug-likeness (QED) is 0.632. The molecule has 2 heterocycles. The van der Waals surface area contributed by atoms with Crippen molar-refractivity contribution in [1.29, 1.82) is 0 Å². The highest BCUT2D eigenvalue weighted by molar-refractivity contribution is 8.00. The Morgan fingerprint density at radius 3 is 2.75 bits per heavy atom. The number of aromatic nitrogens is 4. The topological polar surface area (TPSA) is 63.9 Å². The second-order valence-electron chi connectivity index (χ2n) is 7.31.